The maximum atomic E-state index is 10.6. The Morgan fingerprint density at radius 1 is 1.45 bits per heavy atom. The molecule has 0 aromatic heterocycles. The SMILES string of the molecule is C=CCOC(=O)CN.Cc1ccc(C)c(N[C@@H](C)C(=O)O)c1. The molecule has 122 valence electrons. The van der Waals surface area contributed by atoms with Gasteiger partial charge in [-0.3, -0.25) is 9.59 Å². The van der Waals surface area contributed by atoms with Crippen molar-refractivity contribution >= 4 is 17.6 Å². The molecule has 0 saturated heterocycles. The molecule has 1 atom stereocenters. The van der Waals surface area contributed by atoms with E-state index in [2.05, 4.69) is 16.6 Å². The van der Waals surface area contributed by atoms with Gasteiger partial charge >= 0.3 is 11.9 Å². The summed E-state index contributed by atoms with van der Waals surface area (Å²) in [7, 11) is 0. The summed E-state index contributed by atoms with van der Waals surface area (Å²) in [6.07, 6.45) is 1.49. The quantitative estimate of drug-likeness (QED) is 0.548. The third kappa shape index (κ3) is 8.06. The number of carboxylic acids is 1. The van der Waals surface area contributed by atoms with E-state index in [0.29, 0.717) is 0 Å². The minimum absolute atomic E-state index is 0.0617. The largest absolute Gasteiger partial charge is 0.480 e. The highest BCUT2D eigenvalue weighted by molar-refractivity contribution is 5.77. The van der Waals surface area contributed by atoms with Gasteiger partial charge in [-0.25, -0.2) is 0 Å². The van der Waals surface area contributed by atoms with Gasteiger partial charge in [0.05, 0.1) is 6.54 Å². The zero-order valence-corrected chi connectivity index (χ0v) is 13.3. The van der Waals surface area contributed by atoms with E-state index in [1.54, 1.807) is 6.92 Å². The van der Waals surface area contributed by atoms with Crippen molar-refractivity contribution in [2.24, 2.45) is 5.73 Å². The molecule has 0 unspecified atom stereocenters. The highest BCUT2D eigenvalue weighted by Crippen LogP contribution is 2.17. The number of hydrogen-bond acceptors (Lipinski definition) is 5. The van der Waals surface area contributed by atoms with Crippen LogP contribution in [0.3, 0.4) is 0 Å². The molecular weight excluding hydrogens is 284 g/mol. The Bertz CT molecular complexity index is 515. The third-order valence-electron chi connectivity index (χ3n) is 2.66. The Balaban J connectivity index is 0.000000472. The molecule has 0 heterocycles. The second-order valence-corrected chi connectivity index (χ2v) is 4.70. The first kappa shape index (κ1) is 19.7. The van der Waals surface area contributed by atoms with Crippen LogP contribution in [-0.4, -0.2) is 36.2 Å². The average Bonchev–Trinajstić information content (AvgIpc) is 2.48. The number of benzene rings is 1. The maximum Gasteiger partial charge on any atom is 0.325 e. The van der Waals surface area contributed by atoms with Gasteiger partial charge in [-0.15, -0.1) is 0 Å². The molecule has 0 aliphatic carbocycles. The van der Waals surface area contributed by atoms with Crippen LogP contribution >= 0.6 is 0 Å². The van der Waals surface area contributed by atoms with E-state index < -0.39 is 18.0 Å². The second-order valence-electron chi connectivity index (χ2n) is 4.70. The summed E-state index contributed by atoms with van der Waals surface area (Å²) in [5, 5.41) is 11.7. The number of esters is 1. The van der Waals surface area contributed by atoms with Gasteiger partial charge in [0.2, 0.25) is 0 Å². The van der Waals surface area contributed by atoms with Crippen molar-refractivity contribution in [3.63, 3.8) is 0 Å². The zero-order valence-electron chi connectivity index (χ0n) is 13.3. The van der Waals surface area contributed by atoms with E-state index in [1.165, 1.54) is 6.08 Å². The van der Waals surface area contributed by atoms with Gasteiger partial charge in [-0.05, 0) is 38.0 Å². The summed E-state index contributed by atoms with van der Waals surface area (Å²) in [4.78, 5) is 20.8. The predicted octanol–water partition coefficient (Wildman–Crippen LogP) is 1.86. The summed E-state index contributed by atoms with van der Waals surface area (Å²) in [6, 6.07) is 5.38. The van der Waals surface area contributed by atoms with E-state index in [0.717, 1.165) is 16.8 Å². The molecule has 0 saturated carbocycles. The monoisotopic (exact) mass is 308 g/mol. The highest BCUT2D eigenvalue weighted by atomic mass is 16.5. The lowest BCUT2D eigenvalue weighted by atomic mass is 10.1. The molecule has 1 aromatic carbocycles. The van der Waals surface area contributed by atoms with E-state index in [9.17, 15) is 9.59 Å². The molecule has 1 rings (SSSR count). The van der Waals surface area contributed by atoms with Crippen molar-refractivity contribution in [2.45, 2.75) is 26.8 Å². The predicted molar refractivity (Wildman–Crippen MR) is 86.8 cm³/mol. The van der Waals surface area contributed by atoms with Gasteiger partial charge in [-0.2, -0.15) is 0 Å². The highest BCUT2D eigenvalue weighted by Gasteiger charge is 2.10. The van der Waals surface area contributed by atoms with Crippen LogP contribution in [-0.2, 0) is 14.3 Å². The topological polar surface area (TPSA) is 102 Å². The van der Waals surface area contributed by atoms with Crippen molar-refractivity contribution in [1.29, 1.82) is 0 Å². The van der Waals surface area contributed by atoms with Gasteiger partial charge < -0.3 is 20.9 Å². The van der Waals surface area contributed by atoms with Gasteiger partial charge in [0.25, 0.3) is 0 Å². The first-order valence-corrected chi connectivity index (χ1v) is 6.85. The Morgan fingerprint density at radius 3 is 2.59 bits per heavy atom. The average molecular weight is 308 g/mol. The van der Waals surface area contributed by atoms with Crippen LogP contribution in [0.25, 0.3) is 0 Å². The van der Waals surface area contributed by atoms with Crippen molar-refractivity contribution in [3.8, 4) is 0 Å². The van der Waals surface area contributed by atoms with E-state index >= 15 is 0 Å². The molecular formula is C16H24N2O4. The zero-order chi connectivity index (χ0) is 17.1. The van der Waals surface area contributed by atoms with Crippen LogP contribution in [0, 0.1) is 13.8 Å². The lowest BCUT2D eigenvalue weighted by Gasteiger charge is -2.13. The lowest BCUT2D eigenvalue weighted by molar-refractivity contribution is -0.140. The van der Waals surface area contributed by atoms with Crippen LogP contribution in [0.15, 0.2) is 30.9 Å². The number of aliphatic carboxylic acids is 1. The van der Waals surface area contributed by atoms with Crippen LogP contribution in [0.4, 0.5) is 5.69 Å². The number of carbonyl (C=O) groups is 2. The summed E-state index contributed by atoms with van der Waals surface area (Å²) in [6.45, 7) is 9.10. The molecule has 0 amide bonds. The Labute approximate surface area is 131 Å². The summed E-state index contributed by atoms with van der Waals surface area (Å²) in [5.74, 6) is -1.24. The minimum Gasteiger partial charge on any atom is -0.480 e. The van der Waals surface area contributed by atoms with Crippen LogP contribution in [0.5, 0.6) is 0 Å². The molecule has 0 aliphatic heterocycles. The Kier molecular flexibility index (Phi) is 9.29. The summed E-state index contributed by atoms with van der Waals surface area (Å²) >= 11 is 0. The molecule has 0 aliphatic rings. The number of nitrogens with two attached hydrogens (primary N) is 1. The van der Waals surface area contributed by atoms with Crippen molar-refractivity contribution < 1.29 is 19.4 Å². The van der Waals surface area contributed by atoms with Gasteiger partial charge in [0.1, 0.15) is 12.6 Å². The van der Waals surface area contributed by atoms with Crippen LogP contribution in [0.2, 0.25) is 0 Å². The number of rotatable bonds is 6. The number of ether oxygens (including phenoxy) is 1. The normalized spacial score (nSPS) is 10.7. The maximum absolute atomic E-state index is 10.6. The third-order valence-corrected chi connectivity index (χ3v) is 2.66. The molecule has 0 spiro atoms. The lowest BCUT2D eigenvalue weighted by Crippen LogP contribution is -2.25. The van der Waals surface area contributed by atoms with Gasteiger partial charge in [0.15, 0.2) is 0 Å². The summed E-state index contributed by atoms with van der Waals surface area (Å²) in [5.41, 5.74) is 7.97. The van der Waals surface area contributed by atoms with Gasteiger partial charge in [0, 0.05) is 5.69 Å². The van der Waals surface area contributed by atoms with E-state index in [4.69, 9.17) is 10.8 Å². The van der Waals surface area contributed by atoms with Crippen LogP contribution in [0.1, 0.15) is 18.1 Å². The molecule has 6 nitrogen and oxygen atoms in total. The van der Waals surface area contributed by atoms with E-state index in [-0.39, 0.29) is 13.2 Å². The van der Waals surface area contributed by atoms with Gasteiger partial charge in [-0.1, -0.05) is 24.8 Å². The molecule has 4 N–H and O–H groups in total. The Hall–Kier alpha value is -2.34. The molecule has 22 heavy (non-hydrogen) atoms. The molecule has 0 fully saturated rings. The fourth-order valence-corrected chi connectivity index (χ4v) is 1.40. The number of aryl methyl sites for hydroxylation is 2. The fourth-order valence-electron chi connectivity index (χ4n) is 1.40. The first-order valence-electron chi connectivity index (χ1n) is 6.85. The molecule has 0 bridgehead atoms. The number of carbonyl (C=O) groups excluding carboxylic acids is 1. The summed E-state index contributed by atoms with van der Waals surface area (Å²) < 4.78 is 4.46. The van der Waals surface area contributed by atoms with Crippen molar-refractivity contribution in [1.82, 2.24) is 0 Å². The number of hydrogen-bond donors (Lipinski definition) is 3. The molecule has 0 radical (unpaired) electrons. The smallest absolute Gasteiger partial charge is 0.325 e. The minimum atomic E-state index is -0.842. The van der Waals surface area contributed by atoms with Crippen molar-refractivity contribution in [3.05, 3.63) is 42.0 Å². The Morgan fingerprint density at radius 2 is 2.09 bits per heavy atom. The van der Waals surface area contributed by atoms with Crippen molar-refractivity contribution in [2.75, 3.05) is 18.5 Å². The number of nitrogens with one attached hydrogen (secondary N) is 1. The van der Waals surface area contributed by atoms with Crippen LogP contribution < -0.4 is 11.1 Å². The molecule has 1 aromatic rings. The first-order chi connectivity index (χ1) is 10.3. The standard InChI is InChI=1S/C11H15NO2.C5H9NO2/c1-7-4-5-8(2)10(6-7)12-9(3)11(13)14;1-2-3-8-5(7)4-6/h4-6,9,12H,1-3H3,(H,13,14);2H,1,3-4,6H2/t9-;/m0./s1. The molecule has 6 heteroatoms. The second kappa shape index (κ2) is 10.4. The van der Waals surface area contributed by atoms with E-state index in [1.807, 2.05) is 32.0 Å². The number of carboxylic acid groups (broad SMARTS) is 1. The number of anilines is 1. The fraction of sp³-hybridized carbons (Fsp3) is 0.375.